The molecular weight excluding hydrogens is 522 g/mol. The van der Waals surface area contributed by atoms with Crippen molar-refractivity contribution in [3.63, 3.8) is 0 Å². The first-order valence-corrected chi connectivity index (χ1v) is 11.1. The Morgan fingerprint density at radius 3 is 2.47 bits per heavy atom. The molecule has 0 fully saturated rings. The third-order valence-electron chi connectivity index (χ3n) is 4.27. The van der Waals surface area contributed by atoms with Gasteiger partial charge in [0, 0.05) is 32.4 Å². The highest BCUT2D eigenvalue weighted by Crippen LogP contribution is 2.14. The number of aryl methyl sites for hydroxylation is 4. The molecule has 1 aromatic heterocycles. The van der Waals surface area contributed by atoms with Crippen LogP contribution in [0.4, 0.5) is 10.1 Å². The van der Waals surface area contributed by atoms with E-state index in [0.29, 0.717) is 18.1 Å². The molecule has 2 aromatic rings. The highest BCUT2D eigenvalue weighted by molar-refractivity contribution is 14.0. The lowest BCUT2D eigenvalue weighted by Gasteiger charge is -2.13. The van der Waals surface area contributed by atoms with Crippen LogP contribution in [0.15, 0.2) is 29.3 Å². The van der Waals surface area contributed by atoms with E-state index in [9.17, 15) is 12.8 Å². The van der Waals surface area contributed by atoms with Gasteiger partial charge < -0.3 is 10.6 Å². The molecule has 0 saturated heterocycles. The van der Waals surface area contributed by atoms with Crippen LogP contribution >= 0.6 is 24.0 Å². The summed E-state index contributed by atoms with van der Waals surface area (Å²) in [7, 11) is -1.98. The normalized spacial score (nSPS) is 11.7. The van der Waals surface area contributed by atoms with E-state index in [-0.39, 0.29) is 42.0 Å². The number of hydrogen-bond acceptors (Lipinski definition) is 4. The van der Waals surface area contributed by atoms with E-state index in [1.807, 2.05) is 24.6 Å². The molecule has 0 bridgehead atoms. The summed E-state index contributed by atoms with van der Waals surface area (Å²) >= 11 is 0. The Bertz CT molecular complexity index is 962. The number of sulfonamides is 1. The largest absolute Gasteiger partial charge is 0.356 e. The van der Waals surface area contributed by atoms with Crippen molar-refractivity contribution in [1.29, 1.82) is 0 Å². The predicted octanol–water partition coefficient (Wildman–Crippen LogP) is 2.56. The SMILES string of the molecule is CN=C(NCCCn1nc(C)cc1C)NCCS(=O)(=O)Nc1ccc(C)c(F)c1.I. The lowest BCUT2D eigenvalue weighted by Crippen LogP contribution is -2.40. The molecule has 0 unspecified atom stereocenters. The van der Waals surface area contributed by atoms with Crippen LogP contribution in [-0.2, 0) is 16.6 Å². The van der Waals surface area contributed by atoms with Crippen molar-refractivity contribution in [2.45, 2.75) is 33.7 Å². The number of guanidine groups is 1. The topological polar surface area (TPSA) is 100 Å². The number of aliphatic imine (C=N–C) groups is 1. The van der Waals surface area contributed by atoms with Crippen LogP contribution in [0.1, 0.15) is 23.4 Å². The third-order valence-corrected chi connectivity index (χ3v) is 5.56. The van der Waals surface area contributed by atoms with Crippen LogP contribution in [0.2, 0.25) is 0 Å². The number of halogens is 2. The van der Waals surface area contributed by atoms with Gasteiger partial charge in [0.05, 0.1) is 17.1 Å². The average Bonchev–Trinajstić information content (AvgIpc) is 2.97. The van der Waals surface area contributed by atoms with Gasteiger partial charge in [0.1, 0.15) is 5.82 Å². The second-order valence-corrected chi connectivity index (χ2v) is 8.66. The molecule has 0 amide bonds. The number of aromatic nitrogens is 2. The molecule has 168 valence electrons. The van der Waals surface area contributed by atoms with Crippen LogP contribution in [0.3, 0.4) is 0 Å². The van der Waals surface area contributed by atoms with Crippen LogP contribution < -0.4 is 15.4 Å². The van der Waals surface area contributed by atoms with E-state index in [1.54, 1.807) is 14.0 Å². The molecule has 0 aliphatic heterocycles. The summed E-state index contributed by atoms with van der Waals surface area (Å²) in [6, 6.07) is 6.27. The van der Waals surface area contributed by atoms with E-state index in [2.05, 4.69) is 25.4 Å². The summed E-state index contributed by atoms with van der Waals surface area (Å²) < 4.78 is 42.2. The zero-order chi connectivity index (χ0) is 21.4. The van der Waals surface area contributed by atoms with Crippen molar-refractivity contribution in [1.82, 2.24) is 20.4 Å². The second-order valence-electron chi connectivity index (χ2n) is 6.81. The maximum atomic E-state index is 13.6. The van der Waals surface area contributed by atoms with Crippen LogP contribution in [0.25, 0.3) is 0 Å². The van der Waals surface area contributed by atoms with Gasteiger partial charge in [-0.1, -0.05) is 6.07 Å². The molecule has 0 aliphatic carbocycles. The zero-order valence-corrected chi connectivity index (χ0v) is 20.8. The van der Waals surface area contributed by atoms with Gasteiger partial charge in [0.15, 0.2) is 5.96 Å². The van der Waals surface area contributed by atoms with Gasteiger partial charge in [-0.3, -0.25) is 14.4 Å². The van der Waals surface area contributed by atoms with Crippen molar-refractivity contribution in [3.8, 4) is 0 Å². The van der Waals surface area contributed by atoms with Crippen molar-refractivity contribution in [2.75, 3.05) is 30.6 Å². The monoisotopic (exact) mass is 552 g/mol. The van der Waals surface area contributed by atoms with Crippen LogP contribution in [-0.4, -0.2) is 50.0 Å². The number of rotatable bonds is 9. The highest BCUT2D eigenvalue weighted by Gasteiger charge is 2.12. The number of nitrogens with one attached hydrogen (secondary N) is 3. The van der Waals surface area contributed by atoms with Crippen molar-refractivity contribution in [2.24, 2.45) is 4.99 Å². The standard InChI is InChI=1S/C19H29FN6O2S.HI/c1-14-6-7-17(13-18(14)20)25-29(27,28)11-9-23-19(21-4)22-8-5-10-26-16(3)12-15(2)24-26;/h6-7,12-13,25H,5,8-11H2,1-4H3,(H2,21,22,23);1H. The molecular formula is C19H30FIN6O2S. The predicted molar refractivity (Wildman–Crippen MR) is 130 cm³/mol. The molecule has 11 heteroatoms. The number of hydrogen-bond donors (Lipinski definition) is 3. The first-order valence-electron chi connectivity index (χ1n) is 9.42. The first kappa shape index (κ1) is 26.1. The van der Waals surface area contributed by atoms with E-state index in [1.165, 1.54) is 18.2 Å². The molecule has 2 rings (SSSR count). The molecule has 30 heavy (non-hydrogen) atoms. The van der Waals surface area contributed by atoms with E-state index in [4.69, 9.17) is 0 Å². The maximum absolute atomic E-state index is 13.6. The Labute approximate surface area is 194 Å². The quantitative estimate of drug-likeness (QED) is 0.192. The zero-order valence-electron chi connectivity index (χ0n) is 17.7. The minimum atomic E-state index is -3.61. The smallest absolute Gasteiger partial charge is 0.234 e. The summed E-state index contributed by atoms with van der Waals surface area (Å²) in [5.41, 5.74) is 2.79. The summed E-state index contributed by atoms with van der Waals surface area (Å²) in [6.45, 7) is 7.23. The highest BCUT2D eigenvalue weighted by atomic mass is 127. The second kappa shape index (κ2) is 12.1. The number of benzene rings is 1. The molecule has 0 atom stereocenters. The Balaban J connectivity index is 0.00000450. The Kier molecular flexibility index (Phi) is 10.5. The van der Waals surface area contributed by atoms with Crippen LogP contribution in [0.5, 0.6) is 0 Å². The van der Waals surface area contributed by atoms with Gasteiger partial charge in [-0.25, -0.2) is 12.8 Å². The molecule has 0 radical (unpaired) electrons. The summed E-state index contributed by atoms with van der Waals surface area (Å²) in [5.74, 6) is -0.0991. The first-order chi connectivity index (χ1) is 13.7. The fourth-order valence-electron chi connectivity index (χ4n) is 2.75. The van der Waals surface area contributed by atoms with Gasteiger partial charge >= 0.3 is 0 Å². The van der Waals surface area contributed by atoms with Crippen molar-refractivity contribution in [3.05, 3.63) is 47.0 Å². The summed E-state index contributed by atoms with van der Waals surface area (Å²) in [5, 5.41) is 10.5. The fraction of sp³-hybridized carbons (Fsp3) is 0.474. The van der Waals surface area contributed by atoms with Crippen LogP contribution in [0, 0.1) is 26.6 Å². The van der Waals surface area contributed by atoms with Gasteiger partial charge in [0.2, 0.25) is 10.0 Å². The molecule has 1 aromatic carbocycles. The Morgan fingerprint density at radius 2 is 1.87 bits per heavy atom. The summed E-state index contributed by atoms with van der Waals surface area (Å²) in [4.78, 5) is 4.09. The molecule has 0 saturated carbocycles. The molecule has 8 nitrogen and oxygen atoms in total. The maximum Gasteiger partial charge on any atom is 0.234 e. The molecule has 0 spiro atoms. The van der Waals surface area contributed by atoms with E-state index >= 15 is 0 Å². The fourth-order valence-corrected chi connectivity index (χ4v) is 3.71. The van der Waals surface area contributed by atoms with Gasteiger partial charge in [-0.2, -0.15) is 5.10 Å². The lowest BCUT2D eigenvalue weighted by molar-refractivity contribution is 0.555. The molecule has 1 heterocycles. The lowest BCUT2D eigenvalue weighted by atomic mass is 10.2. The van der Waals surface area contributed by atoms with E-state index in [0.717, 1.165) is 24.4 Å². The van der Waals surface area contributed by atoms with Gasteiger partial charge in [0.25, 0.3) is 0 Å². The van der Waals surface area contributed by atoms with E-state index < -0.39 is 15.8 Å². The summed E-state index contributed by atoms with van der Waals surface area (Å²) in [6.07, 6.45) is 0.849. The van der Waals surface area contributed by atoms with Crippen molar-refractivity contribution < 1.29 is 12.8 Å². The molecule has 0 aliphatic rings. The number of nitrogens with zero attached hydrogens (tertiary/aromatic N) is 3. The molecule has 3 N–H and O–H groups in total. The minimum absolute atomic E-state index is 0. The van der Waals surface area contributed by atoms with Gasteiger partial charge in [-0.15, -0.1) is 24.0 Å². The third kappa shape index (κ3) is 8.46. The average molecular weight is 552 g/mol. The Morgan fingerprint density at radius 1 is 1.17 bits per heavy atom. The van der Waals surface area contributed by atoms with Gasteiger partial charge in [-0.05, 0) is 51.0 Å². The minimum Gasteiger partial charge on any atom is -0.356 e. The van der Waals surface area contributed by atoms with Crippen molar-refractivity contribution >= 4 is 45.6 Å². The number of anilines is 1. The Hall–Kier alpha value is -1.89.